The molecule has 9 nitrogen and oxygen atoms in total. The van der Waals surface area contributed by atoms with Gasteiger partial charge in [0.2, 0.25) is 0 Å². The Balaban J connectivity index is 1.64. The maximum absolute atomic E-state index is 13.2. The summed E-state index contributed by atoms with van der Waals surface area (Å²) in [7, 11) is 2.87. The number of hydrogen-bond acceptors (Lipinski definition) is 7. The van der Waals surface area contributed by atoms with E-state index in [-0.39, 0.29) is 12.2 Å². The molecule has 0 aliphatic carbocycles. The normalized spacial score (nSPS) is 27.2. The molecule has 4 rings (SSSR count). The molecule has 3 aliphatic rings. The molecule has 0 bridgehead atoms. The van der Waals surface area contributed by atoms with E-state index in [0.29, 0.717) is 11.6 Å². The summed E-state index contributed by atoms with van der Waals surface area (Å²) in [6.07, 6.45) is 0.125. The number of hydrogen-bond donors (Lipinski definition) is 1. The predicted molar refractivity (Wildman–Crippen MR) is 106 cm³/mol. The van der Waals surface area contributed by atoms with E-state index in [0.717, 1.165) is 29.1 Å². The van der Waals surface area contributed by atoms with Crippen LogP contribution in [0, 0.1) is 6.92 Å². The summed E-state index contributed by atoms with van der Waals surface area (Å²) in [6, 6.07) is 4.81. The third kappa shape index (κ3) is 3.23. The Morgan fingerprint density at radius 2 is 2.07 bits per heavy atom. The quantitative estimate of drug-likeness (QED) is 0.723. The highest BCUT2D eigenvalue weighted by atomic mass is 35.5. The van der Waals surface area contributed by atoms with E-state index in [1.807, 2.05) is 25.1 Å². The minimum absolute atomic E-state index is 0.255. The number of nitrogens with zero attached hydrogens (tertiary/aromatic N) is 4. The maximum atomic E-state index is 13.2. The number of nitrogens with one attached hydrogen (secondary N) is 1. The third-order valence-corrected chi connectivity index (χ3v) is 6.28. The summed E-state index contributed by atoms with van der Waals surface area (Å²) >= 11 is 6.33. The fourth-order valence-electron chi connectivity index (χ4n) is 4.28. The summed E-state index contributed by atoms with van der Waals surface area (Å²) in [5.74, 6) is -1.02. The van der Waals surface area contributed by atoms with Gasteiger partial charge in [0, 0.05) is 30.8 Å². The number of aryl methyl sites for hydroxylation is 1. The van der Waals surface area contributed by atoms with Crippen LogP contribution in [0.1, 0.15) is 12.0 Å². The lowest BCUT2D eigenvalue weighted by Gasteiger charge is -2.43. The first-order chi connectivity index (χ1) is 13.8. The van der Waals surface area contributed by atoms with E-state index in [4.69, 9.17) is 11.6 Å². The number of imide groups is 1. The van der Waals surface area contributed by atoms with Crippen LogP contribution in [0.4, 0.5) is 10.5 Å². The zero-order valence-corrected chi connectivity index (χ0v) is 17.3. The van der Waals surface area contributed by atoms with E-state index in [2.05, 4.69) is 19.9 Å². The molecule has 29 heavy (non-hydrogen) atoms. The fourth-order valence-corrected chi connectivity index (χ4v) is 4.46. The Hall–Kier alpha value is -2.36. The number of carbonyl (C=O) groups excluding carboxylic acids is 3. The van der Waals surface area contributed by atoms with Gasteiger partial charge in [-0.3, -0.25) is 24.7 Å². The molecule has 3 amide bonds. The monoisotopic (exact) mass is 421 g/mol. The summed E-state index contributed by atoms with van der Waals surface area (Å²) in [4.78, 5) is 44.2. The zero-order chi connectivity index (χ0) is 20.9. The van der Waals surface area contributed by atoms with E-state index in [9.17, 15) is 14.4 Å². The number of rotatable bonds is 3. The molecule has 0 radical (unpaired) electrons. The number of benzene rings is 1. The molecule has 3 unspecified atom stereocenters. The number of amides is 3. The van der Waals surface area contributed by atoms with Crippen molar-refractivity contribution in [2.24, 2.45) is 0 Å². The number of esters is 1. The van der Waals surface area contributed by atoms with E-state index in [1.54, 1.807) is 7.05 Å². The largest absolute Gasteiger partial charge is 0.468 e. The Bertz CT molecular complexity index is 865. The van der Waals surface area contributed by atoms with Crippen molar-refractivity contribution >= 4 is 35.2 Å². The van der Waals surface area contributed by atoms with Crippen molar-refractivity contribution < 1.29 is 19.1 Å². The van der Waals surface area contributed by atoms with E-state index < -0.39 is 30.8 Å². The molecule has 3 atom stereocenters. The molecule has 156 valence electrons. The van der Waals surface area contributed by atoms with Gasteiger partial charge in [-0.15, -0.1) is 0 Å². The smallest absolute Gasteiger partial charge is 0.328 e. The van der Waals surface area contributed by atoms with Crippen molar-refractivity contribution in [3.05, 3.63) is 28.8 Å². The lowest BCUT2D eigenvalue weighted by Crippen LogP contribution is -2.67. The Morgan fingerprint density at radius 1 is 1.31 bits per heavy atom. The highest BCUT2D eigenvalue weighted by Crippen LogP contribution is 2.34. The number of urea groups is 1. The second-order valence-electron chi connectivity index (χ2n) is 7.54. The van der Waals surface area contributed by atoms with Crippen LogP contribution in [-0.4, -0.2) is 84.9 Å². The maximum Gasteiger partial charge on any atom is 0.328 e. The number of halogens is 1. The highest BCUT2D eigenvalue weighted by molar-refractivity contribution is 6.31. The molecule has 3 fully saturated rings. The van der Waals surface area contributed by atoms with Gasteiger partial charge >= 0.3 is 12.0 Å². The minimum atomic E-state index is -0.629. The molecule has 0 aromatic heterocycles. The first-order valence-electron chi connectivity index (χ1n) is 9.53. The van der Waals surface area contributed by atoms with Crippen LogP contribution in [0.25, 0.3) is 0 Å². The van der Waals surface area contributed by atoms with Gasteiger partial charge in [-0.05, 0) is 31.0 Å². The molecule has 3 heterocycles. The number of methoxy groups -OCH3 is 1. The van der Waals surface area contributed by atoms with Crippen LogP contribution >= 0.6 is 11.6 Å². The van der Waals surface area contributed by atoms with E-state index in [1.165, 1.54) is 12.0 Å². The van der Waals surface area contributed by atoms with E-state index >= 15 is 0 Å². The fraction of sp³-hybridized carbons (Fsp3) is 0.526. The van der Waals surface area contributed by atoms with Gasteiger partial charge in [-0.25, -0.2) is 4.79 Å². The minimum Gasteiger partial charge on any atom is -0.468 e. The molecule has 1 aromatic rings. The topological polar surface area (TPSA) is 85.4 Å². The van der Waals surface area contributed by atoms with Gasteiger partial charge in [0.15, 0.2) is 0 Å². The van der Waals surface area contributed by atoms with Crippen molar-refractivity contribution in [3.8, 4) is 0 Å². The Morgan fingerprint density at radius 3 is 2.76 bits per heavy atom. The molecular formula is C19H24ClN5O4. The van der Waals surface area contributed by atoms with Crippen LogP contribution in [0.2, 0.25) is 5.02 Å². The Kier molecular flexibility index (Phi) is 5.14. The summed E-state index contributed by atoms with van der Waals surface area (Å²) < 4.78 is 4.65. The molecule has 0 saturated carbocycles. The van der Waals surface area contributed by atoms with Crippen molar-refractivity contribution in [2.45, 2.75) is 31.8 Å². The first kappa shape index (κ1) is 19.9. The second-order valence-corrected chi connectivity index (χ2v) is 7.95. The summed E-state index contributed by atoms with van der Waals surface area (Å²) in [6.45, 7) is 3.06. The number of carbonyl (C=O) groups is 3. The molecular weight excluding hydrogens is 398 g/mol. The van der Waals surface area contributed by atoms with Gasteiger partial charge in [0.25, 0.3) is 5.91 Å². The lowest BCUT2D eigenvalue weighted by atomic mass is 10.1. The molecule has 3 aliphatic heterocycles. The van der Waals surface area contributed by atoms with Crippen LogP contribution < -0.4 is 10.2 Å². The number of fused-ring (bicyclic) bond motifs is 3. The number of likely N-dealkylation sites (N-methyl/N-ethyl adjacent to an activating group) is 1. The average molecular weight is 422 g/mol. The van der Waals surface area contributed by atoms with Crippen molar-refractivity contribution in [2.75, 3.05) is 38.7 Å². The zero-order valence-electron chi connectivity index (χ0n) is 16.6. The van der Waals surface area contributed by atoms with Gasteiger partial charge < -0.3 is 14.5 Å². The first-order valence-corrected chi connectivity index (χ1v) is 9.91. The van der Waals surface area contributed by atoms with Gasteiger partial charge in [-0.1, -0.05) is 17.7 Å². The number of anilines is 1. The molecule has 1 aromatic carbocycles. The Labute approximate surface area is 174 Å². The van der Waals surface area contributed by atoms with Gasteiger partial charge in [0.05, 0.1) is 7.11 Å². The number of ether oxygens (including phenoxy) is 1. The standard InChI is InChI=1S/C19H24ClN5O4/c1-11-5-6-12(9-13(11)20)23-7-4-8-24-15-16(21-18(23)24)22(2)19(28)25(17(15)27)10-14(26)29-3/h5-6,9,15-16,18,21H,4,7-8,10H2,1-3H3. The molecule has 10 heteroatoms. The van der Waals surface area contributed by atoms with Crippen molar-refractivity contribution in [3.63, 3.8) is 0 Å². The predicted octanol–water partition coefficient (Wildman–Crippen LogP) is 0.809. The molecule has 3 saturated heterocycles. The summed E-state index contributed by atoms with van der Waals surface area (Å²) in [5.41, 5.74) is 1.95. The van der Waals surface area contributed by atoms with Crippen molar-refractivity contribution in [1.29, 1.82) is 0 Å². The SMILES string of the molecule is COC(=O)CN1C(=O)C2C(NC3N(c4ccc(C)c(Cl)c4)CCCN23)N(C)C1=O. The lowest BCUT2D eigenvalue weighted by molar-refractivity contribution is -0.149. The van der Waals surface area contributed by atoms with Crippen LogP contribution in [0.3, 0.4) is 0 Å². The highest BCUT2D eigenvalue weighted by Gasteiger charge is 2.56. The molecule has 1 N–H and O–H groups in total. The van der Waals surface area contributed by atoms with Gasteiger partial charge in [0.1, 0.15) is 25.0 Å². The van der Waals surface area contributed by atoms with Crippen molar-refractivity contribution in [1.82, 2.24) is 20.0 Å². The van der Waals surface area contributed by atoms with Crippen LogP contribution in [0.5, 0.6) is 0 Å². The summed E-state index contributed by atoms with van der Waals surface area (Å²) in [5, 5.41) is 4.11. The third-order valence-electron chi connectivity index (χ3n) is 5.87. The van der Waals surface area contributed by atoms with Gasteiger partial charge in [-0.2, -0.15) is 0 Å². The molecule has 0 spiro atoms. The van der Waals surface area contributed by atoms with Crippen LogP contribution in [0.15, 0.2) is 18.2 Å². The van der Waals surface area contributed by atoms with Crippen LogP contribution in [-0.2, 0) is 14.3 Å². The average Bonchev–Trinajstić information content (AvgIpc) is 3.11. The second kappa shape index (κ2) is 7.47.